The molecule has 0 spiro atoms. The molecular weight excluding hydrogens is 306 g/mol. The highest BCUT2D eigenvalue weighted by Gasteiger charge is 2.30. The van der Waals surface area contributed by atoms with Crippen LogP contribution in [0.4, 0.5) is 5.69 Å². The van der Waals surface area contributed by atoms with Gasteiger partial charge in [0.25, 0.3) is 0 Å². The van der Waals surface area contributed by atoms with Crippen molar-refractivity contribution in [1.82, 2.24) is 10.3 Å². The Bertz CT molecular complexity index is 801. The third-order valence-corrected chi connectivity index (χ3v) is 4.96. The number of H-pyrrole nitrogens is 1. The molecule has 0 radical (unpaired) electrons. The van der Waals surface area contributed by atoms with Crippen LogP contribution in [0.15, 0.2) is 18.2 Å². The number of hydrogen-bond donors (Lipinski definition) is 3. The molecular formula is C18H21N3O3. The van der Waals surface area contributed by atoms with Crippen molar-refractivity contribution in [1.29, 1.82) is 0 Å². The fourth-order valence-electron chi connectivity index (χ4n) is 3.44. The van der Waals surface area contributed by atoms with E-state index in [1.54, 1.807) is 0 Å². The van der Waals surface area contributed by atoms with Crippen molar-refractivity contribution in [2.45, 2.75) is 32.2 Å². The predicted octanol–water partition coefficient (Wildman–Crippen LogP) is 2.49. The van der Waals surface area contributed by atoms with Gasteiger partial charge in [-0.1, -0.05) is 0 Å². The van der Waals surface area contributed by atoms with Crippen molar-refractivity contribution < 1.29 is 14.7 Å². The highest BCUT2D eigenvalue weighted by molar-refractivity contribution is 5.98. The van der Waals surface area contributed by atoms with Gasteiger partial charge in [-0.2, -0.15) is 0 Å². The summed E-state index contributed by atoms with van der Waals surface area (Å²) in [5, 5.41) is 13.2. The van der Waals surface area contributed by atoms with E-state index < -0.39 is 5.97 Å². The summed E-state index contributed by atoms with van der Waals surface area (Å²) in [6.45, 7) is 2.32. The third kappa shape index (κ3) is 2.72. The topological polar surface area (TPSA) is 85.4 Å². The number of carbonyl (C=O) groups excluding carboxylic acids is 1. The van der Waals surface area contributed by atoms with Gasteiger partial charge >= 0.3 is 5.97 Å². The van der Waals surface area contributed by atoms with Gasteiger partial charge in [-0.15, -0.1) is 0 Å². The second-order valence-electron chi connectivity index (χ2n) is 6.70. The molecule has 4 rings (SSSR count). The average Bonchev–Trinajstić information content (AvgIpc) is 3.15. The zero-order valence-electron chi connectivity index (χ0n) is 13.5. The smallest absolute Gasteiger partial charge is 0.352 e. The van der Waals surface area contributed by atoms with Crippen molar-refractivity contribution in [3.8, 4) is 0 Å². The molecule has 2 aliphatic rings. The SMILES string of the molecule is O=C(O)c1[nH]c2ccc(N3CCCC3)cc2c1CNC(=O)C1CC1. The number of aromatic carboxylic acids is 1. The van der Waals surface area contributed by atoms with Crippen LogP contribution < -0.4 is 10.2 Å². The van der Waals surface area contributed by atoms with Crippen molar-refractivity contribution in [2.24, 2.45) is 5.92 Å². The van der Waals surface area contributed by atoms with Crippen LogP contribution in [-0.2, 0) is 11.3 Å². The lowest BCUT2D eigenvalue weighted by molar-refractivity contribution is -0.122. The Labute approximate surface area is 139 Å². The molecule has 1 aliphatic heterocycles. The van der Waals surface area contributed by atoms with Gasteiger partial charge in [-0.05, 0) is 43.9 Å². The Morgan fingerprint density at radius 2 is 2.00 bits per heavy atom. The standard InChI is InChI=1S/C18H21N3O3/c22-17(11-3-4-11)19-10-14-13-9-12(21-7-1-2-8-21)5-6-15(13)20-16(14)18(23)24/h5-6,9,11,20H,1-4,7-8,10H2,(H,19,22)(H,23,24). The van der Waals surface area contributed by atoms with Crippen LogP contribution >= 0.6 is 0 Å². The molecule has 2 aromatic rings. The summed E-state index contributed by atoms with van der Waals surface area (Å²) in [6, 6.07) is 6.01. The first-order valence-corrected chi connectivity index (χ1v) is 8.54. The number of benzene rings is 1. The van der Waals surface area contributed by atoms with Gasteiger partial charge in [0.1, 0.15) is 5.69 Å². The normalized spacial score (nSPS) is 17.4. The van der Waals surface area contributed by atoms with Gasteiger partial charge in [-0.3, -0.25) is 4.79 Å². The maximum Gasteiger partial charge on any atom is 0.352 e. The second-order valence-corrected chi connectivity index (χ2v) is 6.70. The molecule has 1 aromatic heterocycles. The fraction of sp³-hybridized carbons (Fsp3) is 0.444. The average molecular weight is 327 g/mol. The number of hydrogen-bond acceptors (Lipinski definition) is 3. The summed E-state index contributed by atoms with van der Waals surface area (Å²) in [7, 11) is 0. The molecule has 1 aliphatic carbocycles. The van der Waals surface area contributed by atoms with Gasteiger partial charge in [0.05, 0.1) is 0 Å². The van der Waals surface area contributed by atoms with Crippen LogP contribution in [0.5, 0.6) is 0 Å². The lowest BCUT2D eigenvalue weighted by atomic mass is 10.1. The molecule has 126 valence electrons. The monoisotopic (exact) mass is 327 g/mol. The highest BCUT2D eigenvalue weighted by atomic mass is 16.4. The summed E-state index contributed by atoms with van der Waals surface area (Å²) in [4.78, 5) is 28.8. The maximum absolute atomic E-state index is 11.9. The number of carboxylic acids is 1. The summed E-state index contributed by atoms with van der Waals surface area (Å²) in [5.74, 6) is -0.857. The van der Waals surface area contributed by atoms with Crippen LogP contribution in [0.2, 0.25) is 0 Å². The molecule has 2 heterocycles. The van der Waals surface area contributed by atoms with Gasteiger partial charge < -0.3 is 20.3 Å². The summed E-state index contributed by atoms with van der Waals surface area (Å²) >= 11 is 0. The Balaban J connectivity index is 1.69. The largest absolute Gasteiger partial charge is 0.477 e. The first-order valence-electron chi connectivity index (χ1n) is 8.54. The minimum absolute atomic E-state index is 0.0244. The van der Waals surface area contributed by atoms with E-state index in [1.165, 1.54) is 12.8 Å². The Hall–Kier alpha value is -2.50. The summed E-state index contributed by atoms with van der Waals surface area (Å²) in [5.41, 5.74) is 2.74. The molecule has 1 saturated carbocycles. The number of amides is 1. The number of rotatable bonds is 5. The number of nitrogens with zero attached hydrogens (tertiary/aromatic N) is 1. The van der Waals surface area contributed by atoms with Crippen LogP contribution in [0, 0.1) is 5.92 Å². The van der Waals surface area contributed by atoms with E-state index >= 15 is 0 Å². The number of aromatic amines is 1. The molecule has 0 unspecified atom stereocenters. The Kier molecular flexibility index (Phi) is 3.67. The number of carbonyl (C=O) groups is 2. The Morgan fingerprint density at radius 1 is 1.25 bits per heavy atom. The van der Waals surface area contributed by atoms with E-state index in [9.17, 15) is 14.7 Å². The van der Waals surface area contributed by atoms with Crippen LogP contribution in [0.3, 0.4) is 0 Å². The minimum atomic E-state index is -0.996. The zero-order valence-corrected chi connectivity index (χ0v) is 13.5. The number of fused-ring (bicyclic) bond motifs is 1. The lowest BCUT2D eigenvalue weighted by Gasteiger charge is -2.17. The van der Waals surface area contributed by atoms with Crippen molar-refractivity contribution in [2.75, 3.05) is 18.0 Å². The predicted molar refractivity (Wildman–Crippen MR) is 91.3 cm³/mol. The molecule has 1 aromatic carbocycles. The molecule has 3 N–H and O–H groups in total. The summed E-state index contributed by atoms with van der Waals surface area (Å²) in [6.07, 6.45) is 4.25. The van der Waals surface area contributed by atoms with E-state index in [2.05, 4.69) is 15.2 Å². The zero-order chi connectivity index (χ0) is 16.7. The molecule has 0 atom stereocenters. The van der Waals surface area contributed by atoms with Gasteiger partial charge in [0, 0.05) is 47.7 Å². The summed E-state index contributed by atoms with van der Waals surface area (Å²) < 4.78 is 0. The number of carboxylic acid groups (broad SMARTS) is 1. The Morgan fingerprint density at radius 3 is 2.67 bits per heavy atom. The van der Waals surface area contributed by atoms with E-state index in [-0.39, 0.29) is 24.1 Å². The molecule has 1 amide bonds. The highest BCUT2D eigenvalue weighted by Crippen LogP contribution is 2.31. The van der Waals surface area contributed by atoms with E-state index in [4.69, 9.17) is 0 Å². The maximum atomic E-state index is 11.9. The number of nitrogens with one attached hydrogen (secondary N) is 2. The van der Waals surface area contributed by atoms with Crippen molar-refractivity contribution >= 4 is 28.5 Å². The fourth-order valence-corrected chi connectivity index (χ4v) is 3.44. The molecule has 0 bridgehead atoms. The van der Waals surface area contributed by atoms with E-state index in [0.717, 1.165) is 42.5 Å². The van der Waals surface area contributed by atoms with E-state index in [0.29, 0.717) is 5.56 Å². The number of aromatic nitrogens is 1. The van der Waals surface area contributed by atoms with Crippen LogP contribution in [0.1, 0.15) is 41.7 Å². The molecule has 2 fully saturated rings. The van der Waals surface area contributed by atoms with Crippen LogP contribution in [-0.4, -0.2) is 35.1 Å². The molecule has 6 heteroatoms. The van der Waals surface area contributed by atoms with Gasteiger partial charge in [0.2, 0.25) is 5.91 Å². The molecule has 6 nitrogen and oxygen atoms in total. The van der Waals surface area contributed by atoms with Crippen molar-refractivity contribution in [3.63, 3.8) is 0 Å². The first kappa shape index (κ1) is 15.1. The van der Waals surface area contributed by atoms with Crippen LogP contribution in [0.25, 0.3) is 10.9 Å². The quantitative estimate of drug-likeness (QED) is 0.787. The third-order valence-electron chi connectivity index (χ3n) is 4.96. The first-order chi connectivity index (χ1) is 11.6. The number of anilines is 1. The second kappa shape index (κ2) is 5.85. The van der Waals surface area contributed by atoms with Gasteiger partial charge in [0.15, 0.2) is 0 Å². The lowest BCUT2D eigenvalue weighted by Crippen LogP contribution is -2.25. The minimum Gasteiger partial charge on any atom is -0.477 e. The van der Waals surface area contributed by atoms with E-state index in [1.807, 2.05) is 18.2 Å². The molecule has 1 saturated heterocycles. The molecule has 24 heavy (non-hydrogen) atoms. The van der Waals surface area contributed by atoms with Crippen molar-refractivity contribution in [3.05, 3.63) is 29.5 Å². The van der Waals surface area contributed by atoms with Gasteiger partial charge in [-0.25, -0.2) is 4.79 Å².